The van der Waals surface area contributed by atoms with Gasteiger partial charge < -0.3 is 10.2 Å². The molecule has 108 valence electrons. The molecule has 1 atom stereocenters. The quantitative estimate of drug-likeness (QED) is 0.913. The van der Waals surface area contributed by atoms with Gasteiger partial charge in [-0.15, -0.1) is 0 Å². The fraction of sp³-hybridized carbons (Fsp3) is 0.429. The summed E-state index contributed by atoms with van der Waals surface area (Å²) in [6, 6.07) is 4.49. The number of rotatable bonds is 4. The van der Waals surface area contributed by atoms with Crippen LogP contribution in [0, 0.1) is 5.82 Å². The number of carbonyl (C=O) groups excluding carboxylic acids is 1. The Bertz CT molecular complexity index is 533. The highest BCUT2D eigenvalue weighted by molar-refractivity contribution is 9.10. The van der Waals surface area contributed by atoms with Gasteiger partial charge in [-0.3, -0.25) is 9.79 Å². The van der Waals surface area contributed by atoms with E-state index in [2.05, 4.69) is 26.2 Å². The number of carbonyl (C=O) groups is 1. The Morgan fingerprint density at radius 3 is 2.90 bits per heavy atom. The van der Waals surface area contributed by atoms with Gasteiger partial charge in [-0.2, -0.15) is 0 Å². The smallest absolute Gasteiger partial charge is 0.249 e. The lowest BCUT2D eigenvalue weighted by Crippen LogP contribution is -2.43. The van der Waals surface area contributed by atoms with Gasteiger partial charge in [0.05, 0.1) is 10.8 Å². The van der Waals surface area contributed by atoms with Crippen LogP contribution in [-0.2, 0) is 11.3 Å². The molecular formula is C14H17BrFN3O. The lowest BCUT2D eigenvalue weighted by molar-refractivity contribution is -0.134. The van der Waals surface area contributed by atoms with Crippen molar-refractivity contribution in [3.05, 3.63) is 34.1 Å². The third kappa shape index (κ3) is 3.36. The van der Waals surface area contributed by atoms with Gasteiger partial charge in [0.15, 0.2) is 0 Å². The monoisotopic (exact) mass is 341 g/mol. The highest BCUT2D eigenvalue weighted by Gasteiger charge is 2.27. The van der Waals surface area contributed by atoms with Crippen molar-refractivity contribution in [2.75, 3.05) is 6.54 Å². The number of amides is 1. The average molecular weight is 342 g/mol. The molecule has 0 aromatic heterocycles. The number of aliphatic imine (C=N–C) groups is 1. The summed E-state index contributed by atoms with van der Waals surface area (Å²) in [6.07, 6.45) is 1.57. The molecule has 20 heavy (non-hydrogen) atoms. The number of benzene rings is 1. The fourth-order valence-electron chi connectivity index (χ4n) is 2.05. The number of halogens is 2. The molecule has 1 aliphatic rings. The van der Waals surface area contributed by atoms with E-state index in [-0.39, 0.29) is 23.8 Å². The van der Waals surface area contributed by atoms with Gasteiger partial charge >= 0.3 is 0 Å². The summed E-state index contributed by atoms with van der Waals surface area (Å²) >= 11 is 3.16. The van der Waals surface area contributed by atoms with Crippen LogP contribution in [0.5, 0.6) is 0 Å². The largest absolute Gasteiger partial charge is 0.374 e. The Kier molecular flexibility index (Phi) is 4.75. The van der Waals surface area contributed by atoms with E-state index in [1.54, 1.807) is 23.4 Å². The van der Waals surface area contributed by atoms with Crippen LogP contribution in [-0.4, -0.2) is 35.8 Å². The molecule has 0 aliphatic carbocycles. The van der Waals surface area contributed by atoms with Crippen LogP contribution in [0.1, 0.15) is 19.4 Å². The predicted octanol–water partition coefficient (Wildman–Crippen LogP) is 2.33. The van der Waals surface area contributed by atoms with Crippen LogP contribution < -0.4 is 5.32 Å². The van der Waals surface area contributed by atoms with Crippen molar-refractivity contribution >= 4 is 28.2 Å². The third-order valence-corrected chi connectivity index (χ3v) is 3.79. The first kappa shape index (κ1) is 15.0. The van der Waals surface area contributed by atoms with Crippen LogP contribution in [0.15, 0.2) is 27.7 Å². The second-order valence-electron chi connectivity index (χ2n) is 5.01. The molecule has 1 aliphatic heterocycles. The Morgan fingerprint density at radius 1 is 1.60 bits per heavy atom. The molecule has 1 aromatic rings. The number of nitrogens with one attached hydrogen (secondary N) is 1. The minimum atomic E-state index is -0.360. The molecule has 0 fully saturated rings. The van der Waals surface area contributed by atoms with Crippen LogP contribution in [0.25, 0.3) is 0 Å². The molecular weight excluding hydrogens is 325 g/mol. The fourth-order valence-corrected chi connectivity index (χ4v) is 2.48. The van der Waals surface area contributed by atoms with Gasteiger partial charge in [-0.25, -0.2) is 4.39 Å². The highest BCUT2D eigenvalue weighted by Crippen LogP contribution is 2.19. The molecule has 2 rings (SSSR count). The van der Waals surface area contributed by atoms with E-state index in [0.29, 0.717) is 17.6 Å². The molecule has 1 amide bonds. The van der Waals surface area contributed by atoms with Crippen LogP contribution in [0.3, 0.4) is 0 Å². The highest BCUT2D eigenvalue weighted by atomic mass is 79.9. The van der Waals surface area contributed by atoms with E-state index in [9.17, 15) is 9.18 Å². The molecule has 1 N–H and O–H groups in total. The summed E-state index contributed by atoms with van der Waals surface area (Å²) in [4.78, 5) is 18.3. The third-order valence-electron chi connectivity index (χ3n) is 3.19. The average Bonchev–Trinajstić information content (AvgIpc) is 2.93. The molecule has 1 unspecified atom stereocenters. The minimum absolute atomic E-state index is 0.0123. The maximum absolute atomic E-state index is 13.2. The van der Waals surface area contributed by atoms with Gasteiger partial charge in [-0.1, -0.05) is 6.07 Å². The van der Waals surface area contributed by atoms with Gasteiger partial charge in [0.1, 0.15) is 11.9 Å². The minimum Gasteiger partial charge on any atom is -0.374 e. The summed E-state index contributed by atoms with van der Waals surface area (Å²) in [7, 11) is 0. The summed E-state index contributed by atoms with van der Waals surface area (Å²) in [5.41, 5.74) is 0.885. The summed E-state index contributed by atoms with van der Waals surface area (Å²) in [5, 5.41) is 2.93. The molecule has 6 heteroatoms. The van der Waals surface area contributed by atoms with E-state index in [1.165, 1.54) is 6.07 Å². The van der Waals surface area contributed by atoms with Crippen molar-refractivity contribution in [1.29, 1.82) is 0 Å². The summed E-state index contributed by atoms with van der Waals surface area (Å²) in [5.74, 6) is -0.317. The molecule has 4 nitrogen and oxygen atoms in total. The van der Waals surface area contributed by atoms with Crippen LogP contribution in [0.4, 0.5) is 4.39 Å². The summed E-state index contributed by atoms with van der Waals surface area (Å²) < 4.78 is 13.7. The van der Waals surface area contributed by atoms with E-state index < -0.39 is 0 Å². The van der Waals surface area contributed by atoms with Crippen molar-refractivity contribution in [3.8, 4) is 0 Å². The van der Waals surface area contributed by atoms with Crippen molar-refractivity contribution in [1.82, 2.24) is 10.2 Å². The molecule has 0 spiro atoms. The molecule has 0 radical (unpaired) electrons. The molecule has 1 heterocycles. The maximum atomic E-state index is 13.2. The Morgan fingerprint density at radius 2 is 2.35 bits per heavy atom. The number of hydrogen-bond acceptors (Lipinski definition) is 3. The van der Waals surface area contributed by atoms with Crippen molar-refractivity contribution in [2.24, 2.45) is 4.99 Å². The molecule has 0 saturated carbocycles. The second kappa shape index (κ2) is 6.35. The maximum Gasteiger partial charge on any atom is 0.249 e. The van der Waals surface area contributed by atoms with Crippen LogP contribution in [0.2, 0.25) is 0 Å². The van der Waals surface area contributed by atoms with E-state index in [4.69, 9.17) is 0 Å². The van der Waals surface area contributed by atoms with Crippen molar-refractivity contribution < 1.29 is 9.18 Å². The first-order valence-electron chi connectivity index (χ1n) is 6.48. The first-order valence-corrected chi connectivity index (χ1v) is 7.27. The van der Waals surface area contributed by atoms with Gasteiger partial charge in [0, 0.05) is 19.1 Å². The molecule has 0 bridgehead atoms. The summed E-state index contributed by atoms with van der Waals surface area (Å²) in [6.45, 7) is 4.90. The molecule has 1 aromatic carbocycles. The van der Waals surface area contributed by atoms with Crippen LogP contribution >= 0.6 is 15.9 Å². The van der Waals surface area contributed by atoms with E-state index >= 15 is 0 Å². The zero-order valence-electron chi connectivity index (χ0n) is 11.4. The van der Waals surface area contributed by atoms with Gasteiger partial charge in [0.2, 0.25) is 5.91 Å². The standard InChI is InChI=1S/C14H17BrFN3O/c1-9(2)19(14(20)13-6-17-8-18-13)7-10-3-4-12(16)11(15)5-10/h3-5,8-9,13H,6-7H2,1-2H3,(H,17,18). The lowest BCUT2D eigenvalue weighted by Gasteiger charge is -2.28. The zero-order valence-corrected chi connectivity index (χ0v) is 13.0. The first-order chi connectivity index (χ1) is 9.49. The zero-order chi connectivity index (χ0) is 14.7. The Balaban J connectivity index is 2.14. The second-order valence-corrected chi connectivity index (χ2v) is 5.86. The normalized spacial score (nSPS) is 17.4. The molecule has 0 saturated heterocycles. The number of hydrogen-bond donors (Lipinski definition) is 1. The topological polar surface area (TPSA) is 44.7 Å². The Labute approximate surface area is 126 Å². The van der Waals surface area contributed by atoms with Gasteiger partial charge in [0.25, 0.3) is 0 Å². The number of nitrogens with zero attached hydrogens (tertiary/aromatic N) is 2. The van der Waals surface area contributed by atoms with E-state index in [1.807, 2.05) is 13.8 Å². The van der Waals surface area contributed by atoms with Gasteiger partial charge in [-0.05, 0) is 47.5 Å². The SMILES string of the molecule is CC(C)N(Cc1ccc(F)c(Br)c1)C(=O)C1CNC=N1. The van der Waals surface area contributed by atoms with E-state index in [0.717, 1.165) is 5.56 Å². The van der Waals surface area contributed by atoms with Crippen molar-refractivity contribution in [3.63, 3.8) is 0 Å². The Hall–Kier alpha value is -1.43. The predicted molar refractivity (Wildman–Crippen MR) is 80.1 cm³/mol. The lowest BCUT2D eigenvalue weighted by atomic mass is 10.1. The van der Waals surface area contributed by atoms with Crippen molar-refractivity contribution in [2.45, 2.75) is 32.5 Å².